The Balaban J connectivity index is 1.51. The Bertz CT molecular complexity index is 891. The zero-order chi connectivity index (χ0) is 18.4. The van der Waals surface area contributed by atoms with Crippen molar-refractivity contribution in [2.45, 2.75) is 19.4 Å². The summed E-state index contributed by atoms with van der Waals surface area (Å²) in [7, 11) is 0. The monoisotopic (exact) mass is 353 g/mol. The van der Waals surface area contributed by atoms with E-state index in [2.05, 4.69) is 10.2 Å². The van der Waals surface area contributed by atoms with Gasteiger partial charge in [-0.2, -0.15) is 0 Å². The number of ether oxygens (including phenoxy) is 1. The Morgan fingerprint density at radius 3 is 2.50 bits per heavy atom. The normalized spacial score (nSPS) is 10.5. The molecule has 2 aromatic carbocycles. The smallest absolute Gasteiger partial charge is 0.306 e. The number of hydrogen-bond acceptors (Lipinski definition) is 7. The van der Waals surface area contributed by atoms with Gasteiger partial charge in [-0.05, 0) is 24.1 Å². The Morgan fingerprint density at radius 2 is 1.81 bits per heavy atom. The summed E-state index contributed by atoms with van der Waals surface area (Å²) in [5, 5.41) is 18.3. The number of rotatable bonds is 7. The molecule has 0 spiro atoms. The zero-order valence-electron chi connectivity index (χ0n) is 13.7. The molecular formula is C18H15N3O5. The minimum atomic E-state index is -0.488. The number of esters is 1. The number of carbonyl (C=O) groups excluding carboxylic acids is 1. The minimum Gasteiger partial charge on any atom is -0.456 e. The zero-order valence-corrected chi connectivity index (χ0v) is 13.7. The fraction of sp³-hybridized carbons (Fsp3) is 0.167. The summed E-state index contributed by atoms with van der Waals surface area (Å²) < 4.78 is 10.5. The van der Waals surface area contributed by atoms with Gasteiger partial charge in [-0.1, -0.05) is 30.3 Å². The van der Waals surface area contributed by atoms with E-state index in [9.17, 15) is 14.9 Å². The SMILES string of the molecule is O=C(CCc1ccccc1)OCc1nnc(-c2ccc([N+](=O)[O-])cc2)o1. The Labute approximate surface area is 148 Å². The van der Waals surface area contributed by atoms with Crippen LogP contribution in [0.5, 0.6) is 0 Å². The first-order valence-corrected chi connectivity index (χ1v) is 7.88. The lowest BCUT2D eigenvalue weighted by Gasteiger charge is -2.02. The van der Waals surface area contributed by atoms with Crippen molar-refractivity contribution < 1.29 is 18.9 Å². The van der Waals surface area contributed by atoms with Crippen LogP contribution in [0.15, 0.2) is 59.0 Å². The third kappa shape index (κ3) is 4.50. The topological polar surface area (TPSA) is 108 Å². The number of nitro groups is 1. The van der Waals surface area contributed by atoms with E-state index in [-0.39, 0.29) is 36.5 Å². The van der Waals surface area contributed by atoms with Gasteiger partial charge in [0, 0.05) is 24.1 Å². The van der Waals surface area contributed by atoms with E-state index >= 15 is 0 Å². The maximum Gasteiger partial charge on any atom is 0.306 e. The van der Waals surface area contributed by atoms with Crippen LogP contribution >= 0.6 is 0 Å². The predicted octanol–water partition coefficient (Wildman–Crippen LogP) is 3.32. The molecule has 0 N–H and O–H groups in total. The van der Waals surface area contributed by atoms with Gasteiger partial charge in [0.15, 0.2) is 6.61 Å². The largest absolute Gasteiger partial charge is 0.456 e. The summed E-state index contributed by atoms with van der Waals surface area (Å²) in [6.07, 6.45) is 0.852. The Morgan fingerprint density at radius 1 is 1.08 bits per heavy atom. The van der Waals surface area contributed by atoms with Gasteiger partial charge < -0.3 is 9.15 Å². The highest BCUT2D eigenvalue weighted by Gasteiger charge is 2.12. The molecule has 0 amide bonds. The quantitative estimate of drug-likeness (QED) is 0.364. The van der Waals surface area contributed by atoms with E-state index in [1.165, 1.54) is 24.3 Å². The number of aromatic nitrogens is 2. The van der Waals surface area contributed by atoms with Crippen molar-refractivity contribution in [3.63, 3.8) is 0 Å². The van der Waals surface area contributed by atoms with Gasteiger partial charge in [-0.15, -0.1) is 10.2 Å². The standard InChI is InChI=1S/C18H15N3O5/c22-17(11-6-13-4-2-1-3-5-13)25-12-16-19-20-18(26-16)14-7-9-15(10-8-14)21(23)24/h1-5,7-10H,6,11-12H2. The summed E-state index contributed by atoms with van der Waals surface area (Å²) in [6, 6.07) is 15.4. The maximum atomic E-state index is 11.8. The van der Waals surface area contributed by atoms with Gasteiger partial charge in [0.25, 0.3) is 11.6 Å². The molecule has 0 radical (unpaired) electrons. The predicted molar refractivity (Wildman–Crippen MR) is 90.9 cm³/mol. The first-order chi connectivity index (χ1) is 12.6. The van der Waals surface area contributed by atoms with E-state index in [1.807, 2.05) is 30.3 Å². The lowest BCUT2D eigenvalue weighted by molar-refractivity contribution is -0.384. The molecule has 0 bridgehead atoms. The van der Waals surface area contributed by atoms with Crippen LogP contribution in [-0.4, -0.2) is 21.1 Å². The molecule has 8 nitrogen and oxygen atoms in total. The van der Waals surface area contributed by atoms with Gasteiger partial charge in [0.05, 0.1) is 4.92 Å². The van der Waals surface area contributed by atoms with E-state index in [0.717, 1.165) is 5.56 Å². The molecule has 132 valence electrons. The summed E-state index contributed by atoms with van der Waals surface area (Å²) >= 11 is 0. The van der Waals surface area contributed by atoms with Crippen molar-refractivity contribution in [1.29, 1.82) is 0 Å². The summed E-state index contributed by atoms with van der Waals surface area (Å²) in [5.74, 6) is 0.00517. The van der Waals surface area contributed by atoms with Gasteiger partial charge >= 0.3 is 5.97 Å². The number of nitrogens with zero attached hydrogens (tertiary/aromatic N) is 3. The fourth-order valence-electron chi connectivity index (χ4n) is 2.26. The van der Waals surface area contributed by atoms with Crippen LogP contribution in [0.1, 0.15) is 17.9 Å². The van der Waals surface area contributed by atoms with Crippen LogP contribution in [-0.2, 0) is 22.6 Å². The maximum absolute atomic E-state index is 11.8. The molecule has 0 unspecified atom stereocenters. The first kappa shape index (κ1) is 17.3. The van der Waals surface area contributed by atoms with E-state index < -0.39 is 4.92 Å². The molecular weight excluding hydrogens is 338 g/mol. The molecule has 0 aliphatic carbocycles. The van der Waals surface area contributed by atoms with Crippen molar-refractivity contribution in [2.75, 3.05) is 0 Å². The first-order valence-electron chi connectivity index (χ1n) is 7.88. The summed E-state index contributed by atoms with van der Waals surface area (Å²) in [5.41, 5.74) is 1.58. The van der Waals surface area contributed by atoms with E-state index in [1.54, 1.807) is 0 Å². The lowest BCUT2D eigenvalue weighted by atomic mass is 10.1. The van der Waals surface area contributed by atoms with E-state index in [0.29, 0.717) is 12.0 Å². The number of hydrogen-bond donors (Lipinski definition) is 0. The number of aryl methyl sites for hydroxylation is 1. The van der Waals surface area contributed by atoms with E-state index in [4.69, 9.17) is 9.15 Å². The highest BCUT2D eigenvalue weighted by Crippen LogP contribution is 2.21. The Kier molecular flexibility index (Phi) is 5.33. The van der Waals surface area contributed by atoms with Crippen molar-refractivity contribution in [3.8, 4) is 11.5 Å². The van der Waals surface area contributed by atoms with Crippen LogP contribution in [0.2, 0.25) is 0 Å². The molecule has 0 aliphatic rings. The molecule has 26 heavy (non-hydrogen) atoms. The number of nitro benzene ring substituents is 1. The Hall–Kier alpha value is -3.55. The van der Waals surface area contributed by atoms with Crippen molar-refractivity contribution >= 4 is 11.7 Å². The van der Waals surface area contributed by atoms with Crippen LogP contribution < -0.4 is 0 Å². The van der Waals surface area contributed by atoms with Crippen molar-refractivity contribution in [3.05, 3.63) is 76.2 Å². The summed E-state index contributed by atoms with van der Waals surface area (Å²) in [6.45, 7) is -0.117. The molecule has 3 rings (SSSR count). The molecule has 0 atom stereocenters. The minimum absolute atomic E-state index is 0.0270. The molecule has 3 aromatic rings. The number of benzene rings is 2. The van der Waals surface area contributed by atoms with Gasteiger partial charge in [0.1, 0.15) is 0 Å². The molecule has 0 fully saturated rings. The highest BCUT2D eigenvalue weighted by atomic mass is 16.6. The molecule has 0 saturated heterocycles. The van der Waals surface area contributed by atoms with Gasteiger partial charge in [-0.25, -0.2) is 0 Å². The highest BCUT2D eigenvalue weighted by molar-refractivity contribution is 5.69. The molecule has 0 saturated carbocycles. The van der Waals surface area contributed by atoms with Crippen LogP contribution in [0.3, 0.4) is 0 Å². The van der Waals surface area contributed by atoms with Crippen molar-refractivity contribution in [1.82, 2.24) is 10.2 Å². The molecule has 1 heterocycles. The van der Waals surface area contributed by atoms with Crippen LogP contribution in [0, 0.1) is 10.1 Å². The van der Waals surface area contributed by atoms with Crippen LogP contribution in [0.25, 0.3) is 11.5 Å². The van der Waals surface area contributed by atoms with Crippen LogP contribution in [0.4, 0.5) is 5.69 Å². The van der Waals surface area contributed by atoms with Crippen molar-refractivity contribution in [2.24, 2.45) is 0 Å². The molecule has 0 aliphatic heterocycles. The van der Waals surface area contributed by atoms with Gasteiger partial charge in [-0.3, -0.25) is 14.9 Å². The summed E-state index contributed by atoms with van der Waals surface area (Å²) in [4.78, 5) is 22.0. The fourth-order valence-corrected chi connectivity index (χ4v) is 2.26. The third-order valence-electron chi connectivity index (χ3n) is 3.61. The second-order valence-corrected chi connectivity index (χ2v) is 5.45. The lowest BCUT2D eigenvalue weighted by Crippen LogP contribution is -2.06. The molecule has 8 heteroatoms. The second kappa shape index (κ2) is 8.02. The third-order valence-corrected chi connectivity index (χ3v) is 3.61. The average molecular weight is 353 g/mol. The van der Waals surface area contributed by atoms with Gasteiger partial charge in [0.2, 0.25) is 5.89 Å². The second-order valence-electron chi connectivity index (χ2n) is 5.45. The average Bonchev–Trinajstić information content (AvgIpc) is 3.14. The molecule has 1 aromatic heterocycles. The number of non-ortho nitro benzene ring substituents is 1. The number of carbonyl (C=O) groups is 1.